The number of fused-ring (bicyclic) bond motifs is 1. The van der Waals surface area contributed by atoms with Crippen LogP contribution < -0.4 is 25.0 Å². The number of hydrogen-bond donors (Lipinski definition) is 2. The van der Waals surface area contributed by atoms with Gasteiger partial charge in [0.2, 0.25) is 5.91 Å². The number of anilines is 3. The van der Waals surface area contributed by atoms with Gasteiger partial charge in [-0.05, 0) is 55.5 Å². The van der Waals surface area contributed by atoms with Crippen molar-refractivity contribution in [2.75, 3.05) is 29.2 Å². The zero-order valence-corrected chi connectivity index (χ0v) is 18.9. The summed E-state index contributed by atoms with van der Waals surface area (Å²) in [6.45, 7) is 1.92. The Morgan fingerprint density at radius 2 is 1.68 bits per heavy atom. The van der Waals surface area contributed by atoms with Crippen molar-refractivity contribution in [3.8, 4) is 11.5 Å². The van der Waals surface area contributed by atoms with E-state index in [1.165, 1.54) is 7.11 Å². The van der Waals surface area contributed by atoms with E-state index in [-0.39, 0.29) is 30.7 Å². The number of nitrogens with zero attached hydrogens (tertiary/aromatic N) is 1. The smallest absolute Gasteiger partial charge is 0.267 e. The van der Waals surface area contributed by atoms with E-state index in [2.05, 4.69) is 10.6 Å². The van der Waals surface area contributed by atoms with E-state index < -0.39 is 6.10 Å². The number of amides is 3. The monoisotopic (exact) mass is 459 g/mol. The lowest BCUT2D eigenvalue weighted by atomic mass is 10.1. The maximum atomic E-state index is 12.6. The zero-order chi connectivity index (χ0) is 24.1. The number of methoxy groups -OCH3 is 1. The van der Waals surface area contributed by atoms with Crippen molar-refractivity contribution >= 4 is 34.8 Å². The van der Waals surface area contributed by atoms with Gasteiger partial charge in [-0.25, -0.2) is 0 Å². The highest BCUT2D eigenvalue weighted by Crippen LogP contribution is 2.33. The van der Waals surface area contributed by atoms with Gasteiger partial charge in [0.05, 0.1) is 18.5 Å². The van der Waals surface area contributed by atoms with Crippen LogP contribution in [-0.4, -0.2) is 37.5 Å². The number of ether oxygens (including phenoxy) is 2. The minimum absolute atomic E-state index is 0.114. The Kier molecular flexibility index (Phi) is 6.77. The molecule has 1 aliphatic rings. The van der Waals surface area contributed by atoms with E-state index in [0.717, 1.165) is 0 Å². The van der Waals surface area contributed by atoms with E-state index in [1.54, 1.807) is 66.4 Å². The Morgan fingerprint density at radius 3 is 2.44 bits per heavy atom. The fourth-order valence-corrected chi connectivity index (χ4v) is 3.67. The lowest BCUT2D eigenvalue weighted by molar-refractivity contribution is -0.125. The van der Waals surface area contributed by atoms with Gasteiger partial charge < -0.3 is 25.0 Å². The summed E-state index contributed by atoms with van der Waals surface area (Å²) in [6.07, 6.45) is -0.490. The molecule has 0 fully saturated rings. The molecule has 0 bridgehead atoms. The van der Waals surface area contributed by atoms with Crippen molar-refractivity contribution in [3.63, 3.8) is 0 Å². The van der Waals surface area contributed by atoms with Crippen LogP contribution in [0.25, 0.3) is 0 Å². The summed E-state index contributed by atoms with van der Waals surface area (Å²) in [6, 6.07) is 21.0. The molecule has 2 N–H and O–H groups in total. The summed E-state index contributed by atoms with van der Waals surface area (Å²) in [7, 11) is 1.54. The number of para-hydroxylation sites is 4. The topological polar surface area (TPSA) is 97.0 Å². The second kappa shape index (κ2) is 10.1. The molecular weight excluding hydrogens is 434 g/mol. The van der Waals surface area contributed by atoms with Crippen LogP contribution in [0.2, 0.25) is 0 Å². The van der Waals surface area contributed by atoms with Crippen molar-refractivity contribution in [1.29, 1.82) is 0 Å². The van der Waals surface area contributed by atoms with Gasteiger partial charge in [-0.15, -0.1) is 0 Å². The molecule has 174 valence electrons. The first-order chi connectivity index (χ1) is 16.5. The maximum absolute atomic E-state index is 12.6. The fourth-order valence-electron chi connectivity index (χ4n) is 3.67. The largest absolute Gasteiger partial charge is 0.495 e. The summed E-state index contributed by atoms with van der Waals surface area (Å²) < 4.78 is 10.9. The summed E-state index contributed by atoms with van der Waals surface area (Å²) >= 11 is 0. The van der Waals surface area contributed by atoms with Gasteiger partial charge in [0.15, 0.2) is 6.10 Å². The highest BCUT2D eigenvalue weighted by Gasteiger charge is 2.31. The predicted octanol–water partition coefficient (Wildman–Crippen LogP) is 4.09. The number of benzene rings is 3. The van der Waals surface area contributed by atoms with E-state index in [9.17, 15) is 14.4 Å². The van der Waals surface area contributed by atoms with Gasteiger partial charge in [-0.3, -0.25) is 14.4 Å². The molecule has 1 atom stereocenters. The van der Waals surface area contributed by atoms with Crippen LogP contribution in [0.15, 0.2) is 72.8 Å². The van der Waals surface area contributed by atoms with Crippen LogP contribution in [0.1, 0.15) is 23.7 Å². The third-order valence-corrected chi connectivity index (χ3v) is 5.42. The van der Waals surface area contributed by atoms with Crippen molar-refractivity contribution in [3.05, 3.63) is 78.4 Å². The second-order valence-electron chi connectivity index (χ2n) is 7.75. The van der Waals surface area contributed by atoms with Crippen molar-refractivity contribution in [2.45, 2.75) is 19.4 Å². The molecule has 1 heterocycles. The van der Waals surface area contributed by atoms with Gasteiger partial charge >= 0.3 is 0 Å². The van der Waals surface area contributed by atoms with Crippen LogP contribution in [0.5, 0.6) is 11.5 Å². The zero-order valence-electron chi connectivity index (χ0n) is 18.9. The number of carbonyl (C=O) groups excluding carboxylic acids is 3. The molecule has 0 saturated carbocycles. The maximum Gasteiger partial charge on any atom is 0.267 e. The quantitative estimate of drug-likeness (QED) is 0.555. The van der Waals surface area contributed by atoms with Crippen molar-refractivity contribution in [1.82, 2.24) is 0 Å². The summed E-state index contributed by atoms with van der Waals surface area (Å²) in [5, 5.41) is 5.62. The molecule has 3 aromatic rings. The molecule has 0 aromatic heterocycles. The molecule has 0 spiro atoms. The van der Waals surface area contributed by atoms with Crippen molar-refractivity contribution in [2.24, 2.45) is 0 Å². The molecule has 8 nitrogen and oxygen atoms in total. The lowest BCUT2D eigenvalue weighted by Crippen LogP contribution is -2.45. The van der Waals surface area contributed by atoms with E-state index >= 15 is 0 Å². The molecular formula is C26H25N3O5. The molecule has 0 saturated heterocycles. The standard InChI is InChI=1S/C26H25N3O5/c1-17-26(32)29(21-8-4-6-10-23(21)34-17)16-15-24(30)27-19-13-11-18(12-14-19)25(31)28-20-7-3-5-9-22(20)33-2/h3-14,17H,15-16H2,1-2H3,(H,27,30)(H,28,31). The Labute approximate surface area is 197 Å². The molecule has 4 rings (SSSR count). The lowest BCUT2D eigenvalue weighted by Gasteiger charge is -2.32. The SMILES string of the molecule is COc1ccccc1NC(=O)c1ccc(NC(=O)CCN2C(=O)C(C)Oc3ccccc32)cc1. The number of rotatable bonds is 7. The van der Waals surface area contributed by atoms with Gasteiger partial charge in [-0.1, -0.05) is 24.3 Å². The predicted molar refractivity (Wildman–Crippen MR) is 130 cm³/mol. The minimum Gasteiger partial charge on any atom is -0.495 e. The Bertz CT molecular complexity index is 1210. The molecule has 34 heavy (non-hydrogen) atoms. The first kappa shape index (κ1) is 22.8. The van der Waals surface area contributed by atoms with Crippen LogP contribution in [0, 0.1) is 0 Å². The number of carbonyl (C=O) groups is 3. The molecule has 3 amide bonds. The highest BCUT2D eigenvalue weighted by atomic mass is 16.5. The van der Waals surface area contributed by atoms with Crippen molar-refractivity contribution < 1.29 is 23.9 Å². The van der Waals surface area contributed by atoms with E-state index in [1.807, 2.05) is 18.2 Å². The summed E-state index contributed by atoms with van der Waals surface area (Å²) in [4.78, 5) is 39.2. The third kappa shape index (κ3) is 5.01. The van der Waals surface area contributed by atoms with Crippen LogP contribution in [-0.2, 0) is 9.59 Å². The van der Waals surface area contributed by atoms with E-state index in [0.29, 0.717) is 34.1 Å². The average Bonchev–Trinajstić information content (AvgIpc) is 2.85. The molecule has 3 aromatic carbocycles. The number of hydrogen-bond acceptors (Lipinski definition) is 5. The highest BCUT2D eigenvalue weighted by molar-refractivity contribution is 6.05. The Morgan fingerprint density at radius 1 is 0.971 bits per heavy atom. The molecule has 1 aliphatic heterocycles. The first-order valence-electron chi connectivity index (χ1n) is 10.9. The molecule has 8 heteroatoms. The van der Waals surface area contributed by atoms with Gasteiger partial charge in [0, 0.05) is 24.2 Å². The number of nitrogens with one attached hydrogen (secondary N) is 2. The molecule has 0 aliphatic carbocycles. The third-order valence-electron chi connectivity index (χ3n) is 5.42. The summed E-state index contributed by atoms with van der Waals surface area (Å²) in [5.74, 6) is 0.473. The Balaban J connectivity index is 1.34. The Hall–Kier alpha value is -4.33. The summed E-state index contributed by atoms with van der Waals surface area (Å²) in [5.41, 5.74) is 2.22. The second-order valence-corrected chi connectivity index (χ2v) is 7.75. The molecule has 1 unspecified atom stereocenters. The van der Waals surface area contributed by atoms with Crippen LogP contribution in [0.4, 0.5) is 17.1 Å². The van der Waals surface area contributed by atoms with Gasteiger partial charge in [0.1, 0.15) is 11.5 Å². The molecule has 0 radical (unpaired) electrons. The normalized spacial score (nSPS) is 14.6. The van der Waals surface area contributed by atoms with E-state index in [4.69, 9.17) is 9.47 Å². The average molecular weight is 460 g/mol. The van der Waals surface area contributed by atoms with Crippen LogP contribution >= 0.6 is 0 Å². The first-order valence-corrected chi connectivity index (χ1v) is 10.9. The van der Waals surface area contributed by atoms with Crippen LogP contribution in [0.3, 0.4) is 0 Å². The minimum atomic E-state index is -0.604. The van der Waals surface area contributed by atoms with Gasteiger partial charge in [0.25, 0.3) is 11.8 Å². The fraction of sp³-hybridized carbons (Fsp3) is 0.192. The van der Waals surface area contributed by atoms with Gasteiger partial charge in [-0.2, -0.15) is 0 Å².